The molecule has 104 valence electrons. The Balaban J connectivity index is 4.23. The fourth-order valence-electron chi connectivity index (χ4n) is 1.72. The normalized spacial score (nSPS) is 12.4. The van der Waals surface area contributed by atoms with Crippen LogP contribution in [0, 0.1) is 0 Å². The summed E-state index contributed by atoms with van der Waals surface area (Å²) in [6, 6.07) is 0.910. The molecule has 0 aromatic rings. The maximum atomic E-state index is 5.80. The molecule has 0 rings (SSSR count). The minimum absolute atomic E-state index is 0.663. The van der Waals surface area contributed by atoms with E-state index in [-0.39, 0.29) is 0 Å². The van der Waals surface area contributed by atoms with Gasteiger partial charge in [0.25, 0.3) is 0 Å². The predicted molar refractivity (Wildman–Crippen MR) is 73.2 cm³/mol. The molecule has 0 aliphatic carbocycles. The molecule has 0 amide bonds. The first-order chi connectivity index (χ1) is 8.14. The van der Waals surface area contributed by atoms with Gasteiger partial charge < -0.3 is 18.2 Å². The van der Waals surface area contributed by atoms with E-state index >= 15 is 0 Å². The van der Waals surface area contributed by atoms with Gasteiger partial charge >= 0.3 is 8.80 Å². The second kappa shape index (κ2) is 10.0. The minimum Gasteiger partial charge on any atom is -0.374 e. The molecular formula is C12H29NO3Si. The summed E-state index contributed by atoms with van der Waals surface area (Å²) >= 11 is 0. The van der Waals surface area contributed by atoms with E-state index in [1.165, 1.54) is 0 Å². The molecule has 0 radical (unpaired) electrons. The highest BCUT2D eigenvalue weighted by Crippen LogP contribution is 2.18. The molecule has 0 heterocycles. The molecular weight excluding hydrogens is 234 g/mol. The van der Waals surface area contributed by atoms with Crippen molar-refractivity contribution in [3.8, 4) is 0 Å². The average Bonchev–Trinajstić information content (AvgIpc) is 2.30. The Morgan fingerprint density at radius 1 is 0.882 bits per heavy atom. The van der Waals surface area contributed by atoms with Crippen LogP contribution in [0.25, 0.3) is 0 Å². The van der Waals surface area contributed by atoms with E-state index in [9.17, 15) is 0 Å². The SMILES string of the molecule is CCO[Si](CCCN(C)CC)(OCC)OCC. The van der Waals surface area contributed by atoms with E-state index < -0.39 is 8.80 Å². The van der Waals surface area contributed by atoms with Crippen LogP contribution in [0.5, 0.6) is 0 Å². The molecule has 0 aliphatic rings. The number of hydrogen-bond acceptors (Lipinski definition) is 4. The third-order valence-corrected chi connectivity index (χ3v) is 5.81. The first-order valence-electron chi connectivity index (χ1n) is 6.74. The highest BCUT2D eigenvalue weighted by atomic mass is 28.4. The van der Waals surface area contributed by atoms with Crippen molar-refractivity contribution in [2.75, 3.05) is 40.0 Å². The lowest BCUT2D eigenvalue weighted by Gasteiger charge is -2.29. The van der Waals surface area contributed by atoms with Gasteiger partial charge in [-0.1, -0.05) is 6.92 Å². The molecule has 0 aliphatic heterocycles. The van der Waals surface area contributed by atoms with Crippen LogP contribution in [-0.2, 0) is 13.3 Å². The molecule has 4 nitrogen and oxygen atoms in total. The van der Waals surface area contributed by atoms with Crippen molar-refractivity contribution in [2.24, 2.45) is 0 Å². The van der Waals surface area contributed by atoms with Crippen molar-refractivity contribution in [1.82, 2.24) is 4.90 Å². The second-order valence-corrected chi connectivity index (χ2v) is 6.71. The van der Waals surface area contributed by atoms with Crippen LogP contribution in [-0.4, -0.2) is 53.7 Å². The largest absolute Gasteiger partial charge is 0.500 e. The molecule has 0 aromatic carbocycles. The van der Waals surface area contributed by atoms with Crippen molar-refractivity contribution in [2.45, 2.75) is 40.2 Å². The quantitative estimate of drug-likeness (QED) is 0.536. The number of rotatable bonds is 11. The molecule has 0 bridgehead atoms. The monoisotopic (exact) mass is 263 g/mol. The summed E-state index contributed by atoms with van der Waals surface area (Å²) in [4.78, 5) is 2.29. The fourth-order valence-corrected chi connectivity index (χ4v) is 4.32. The van der Waals surface area contributed by atoms with Crippen molar-refractivity contribution in [3.63, 3.8) is 0 Å². The summed E-state index contributed by atoms with van der Waals surface area (Å²) in [6.45, 7) is 12.3. The summed E-state index contributed by atoms with van der Waals surface area (Å²) in [5, 5.41) is 0. The Hall–Kier alpha value is 0.0569. The molecule has 5 heteroatoms. The highest BCUT2D eigenvalue weighted by molar-refractivity contribution is 6.60. The molecule has 0 N–H and O–H groups in total. The van der Waals surface area contributed by atoms with Gasteiger partial charge in [-0.05, 0) is 47.3 Å². The van der Waals surface area contributed by atoms with Crippen molar-refractivity contribution >= 4 is 8.80 Å². The van der Waals surface area contributed by atoms with Gasteiger partial charge in [-0.15, -0.1) is 0 Å². The predicted octanol–water partition coefficient (Wildman–Crippen LogP) is 2.38. The van der Waals surface area contributed by atoms with Crippen molar-refractivity contribution in [3.05, 3.63) is 0 Å². The van der Waals surface area contributed by atoms with Crippen LogP contribution >= 0.6 is 0 Å². The van der Waals surface area contributed by atoms with Crippen LogP contribution in [0.4, 0.5) is 0 Å². The van der Waals surface area contributed by atoms with E-state index in [4.69, 9.17) is 13.3 Å². The van der Waals surface area contributed by atoms with Crippen molar-refractivity contribution < 1.29 is 13.3 Å². The first-order valence-corrected chi connectivity index (χ1v) is 8.67. The second-order valence-electron chi connectivity index (χ2n) is 3.98. The smallest absolute Gasteiger partial charge is 0.374 e. The lowest BCUT2D eigenvalue weighted by Crippen LogP contribution is -2.46. The number of hydrogen-bond donors (Lipinski definition) is 0. The van der Waals surface area contributed by atoms with E-state index in [1.807, 2.05) is 20.8 Å². The lowest BCUT2D eigenvalue weighted by atomic mass is 10.4. The zero-order valence-corrected chi connectivity index (χ0v) is 13.1. The van der Waals surface area contributed by atoms with Gasteiger partial charge in [0.2, 0.25) is 0 Å². The Morgan fingerprint density at radius 2 is 1.35 bits per heavy atom. The standard InChI is InChI=1S/C12H29NO3Si/c1-6-13(5)11-10-12-17(14-7-2,15-8-3)16-9-4/h6-12H2,1-5H3. The summed E-state index contributed by atoms with van der Waals surface area (Å²) in [5.74, 6) is 0. The molecule has 0 saturated heterocycles. The zero-order valence-electron chi connectivity index (χ0n) is 12.1. The van der Waals surface area contributed by atoms with E-state index in [2.05, 4.69) is 18.9 Å². The van der Waals surface area contributed by atoms with Gasteiger partial charge in [0.15, 0.2) is 0 Å². The first kappa shape index (κ1) is 17.1. The van der Waals surface area contributed by atoms with E-state index in [0.717, 1.165) is 25.6 Å². The van der Waals surface area contributed by atoms with Gasteiger partial charge in [0.05, 0.1) is 0 Å². The molecule has 0 fully saturated rings. The van der Waals surface area contributed by atoms with Crippen LogP contribution < -0.4 is 0 Å². The maximum absolute atomic E-state index is 5.80. The molecule has 17 heavy (non-hydrogen) atoms. The fraction of sp³-hybridized carbons (Fsp3) is 1.00. The highest BCUT2D eigenvalue weighted by Gasteiger charge is 2.39. The molecule has 0 spiro atoms. The Bertz CT molecular complexity index is 164. The topological polar surface area (TPSA) is 30.9 Å². The third-order valence-electron chi connectivity index (χ3n) is 2.66. The maximum Gasteiger partial charge on any atom is 0.500 e. The van der Waals surface area contributed by atoms with Gasteiger partial charge in [0, 0.05) is 25.9 Å². The summed E-state index contributed by atoms with van der Waals surface area (Å²) in [6.07, 6.45) is 1.07. The van der Waals surface area contributed by atoms with Gasteiger partial charge in [0.1, 0.15) is 0 Å². The molecule has 0 unspecified atom stereocenters. The Kier molecular flexibility index (Phi) is 10.1. The van der Waals surface area contributed by atoms with E-state index in [0.29, 0.717) is 19.8 Å². The van der Waals surface area contributed by atoms with Gasteiger partial charge in [-0.3, -0.25) is 0 Å². The van der Waals surface area contributed by atoms with E-state index in [1.54, 1.807) is 0 Å². The van der Waals surface area contributed by atoms with Crippen LogP contribution in [0.2, 0.25) is 6.04 Å². The van der Waals surface area contributed by atoms with Gasteiger partial charge in [-0.2, -0.15) is 0 Å². The minimum atomic E-state index is -2.40. The summed E-state index contributed by atoms with van der Waals surface area (Å²) in [5.41, 5.74) is 0. The summed E-state index contributed by atoms with van der Waals surface area (Å²) in [7, 11) is -0.272. The van der Waals surface area contributed by atoms with Crippen LogP contribution in [0.1, 0.15) is 34.1 Å². The average molecular weight is 263 g/mol. The Labute approximate surface area is 108 Å². The summed E-state index contributed by atoms with van der Waals surface area (Å²) < 4.78 is 17.4. The lowest BCUT2D eigenvalue weighted by molar-refractivity contribution is 0.0702. The molecule has 0 aromatic heterocycles. The zero-order chi connectivity index (χ0) is 13.1. The van der Waals surface area contributed by atoms with Crippen LogP contribution in [0.15, 0.2) is 0 Å². The molecule has 0 atom stereocenters. The van der Waals surface area contributed by atoms with Crippen LogP contribution in [0.3, 0.4) is 0 Å². The third kappa shape index (κ3) is 7.16. The van der Waals surface area contributed by atoms with Gasteiger partial charge in [-0.25, -0.2) is 0 Å². The Morgan fingerprint density at radius 3 is 1.71 bits per heavy atom. The molecule has 0 saturated carbocycles. The van der Waals surface area contributed by atoms with Crippen molar-refractivity contribution in [1.29, 1.82) is 0 Å². The number of nitrogens with zero attached hydrogens (tertiary/aromatic N) is 1.